The summed E-state index contributed by atoms with van der Waals surface area (Å²) in [5, 5.41) is 41.4. The highest BCUT2D eigenvalue weighted by Gasteiger charge is 2.45. The minimum Gasteiger partial charge on any atom is -0.508 e. The van der Waals surface area contributed by atoms with Gasteiger partial charge in [0.1, 0.15) is 28.9 Å². The number of ether oxygens (including phenoxy) is 1. The molecule has 0 spiro atoms. The third-order valence-corrected chi connectivity index (χ3v) is 7.97. The Labute approximate surface area is 235 Å². The first kappa shape index (κ1) is 29.2. The van der Waals surface area contributed by atoms with Gasteiger partial charge in [-0.05, 0) is 77.1 Å². The predicted octanol–water partition coefficient (Wildman–Crippen LogP) is 5.28. The van der Waals surface area contributed by atoms with Crippen LogP contribution in [0.5, 0.6) is 17.2 Å². The summed E-state index contributed by atoms with van der Waals surface area (Å²) >= 11 is 0. The number of carboxylic acid groups (broad SMARTS) is 1. The quantitative estimate of drug-likeness (QED) is 0.297. The summed E-state index contributed by atoms with van der Waals surface area (Å²) in [5.41, 5.74) is 3.44. The second-order valence-corrected chi connectivity index (χ2v) is 11.4. The van der Waals surface area contributed by atoms with Gasteiger partial charge in [0.05, 0.1) is 18.2 Å². The van der Waals surface area contributed by atoms with Gasteiger partial charge in [-0.25, -0.2) is 4.79 Å². The zero-order valence-electron chi connectivity index (χ0n) is 23.6. The number of allylic oxidation sites excluding steroid dienone is 4. The van der Waals surface area contributed by atoms with E-state index in [-0.39, 0.29) is 36.4 Å². The maximum absolute atomic E-state index is 13.4. The number of nitrogens with zero attached hydrogens (tertiary/aromatic N) is 1. The van der Waals surface area contributed by atoms with Crippen molar-refractivity contribution in [2.75, 3.05) is 0 Å². The van der Waals surface area contributed by atoms with E-state index in [1.54, 1.807) is 12.1 Å². The fraction of sp³-hybridized carbons (Fsp3) is 0.438. The van der Waals surface area contributed by atoms with Crippen molar-refractivity contribution in [2.24, 2.45) is 0 Å². The van der Waals surface area contributed by atoms with Crippen LogP contribution >= 0.6 is 0 Å². The van der Waals surface area contributed by atoms with Crippen LogP contribution in [0.1, 0.15) is 80.4 Å². The Morgan fingerprint density at radius 2 is 1.82 bits per heavy atom. The lowest BCUT2D eigenvalue weighted by atomic mass is 9.84. The number of aliphatic hydroxyl groups excluding tert-OH is 1. The van der Waals surface area contributed by atoms with Crippen LogP contribution in [0.4, 0.5) is 0 Å². The van der Waals surface area contributed by atoms with Crippen LogP contribution in [0, 0.1) is 0 Å². The fourth-order valence-electron chi connectivity index (χ4n) is 5.46. The topological polar surface area (TPSA) is 128 Å². The SMILES string of the molecule is CC(C)=CCCC(C)=CCCC1(C)Oc2c(c(O)cc3c2CN([C@@H](Cc2ccc(O)cc2)C(=O)O)C3=O)CC1O. The number of phenols is 2. The standard InChI is InChI=1S/C32H39NO7/c1-19(2)7-5-8-20(3)9-6-14-32(4)28(36)17-24-27(35)16-23-25(29(24)40-32)18-33(30(23)37)26(31(38)39)15-21-10-12-22(34)13-11-21/h7,9-13,16,26,28,34-36H,5-6,8,14-15,17-18H2,1-4H3,(H,38,39)/t26-,28?,32?/m0/s1. The van der Waals surface area contributed by atoms with Crippen LogP contribution in [-0.4, -0.2) is 54.9 Å². The summed E-state index contributed by atoms with van der Waals surface area (Å²) < 4.78 is 6.42. The van der Waals surface area contributed by atoms with E-state index in [0.29, 0.717) is 35.3 Å². The van der Waals surface area contributed by atoms with Gasteiger partial charge >= 0.3 is 5.97 Å². The lowest BCUT2D eigenvalue weighted by molar-refractivity contribution is -0.142. The average molecular weight is 550 g/mol. The largest absolute Gasteiger partial charge is 0.508 e. The Morgan fingerprint density at radius 1 is 1.12 bits per heavy atom. The molecule has 0 aromatic heterocycles. The highest BCUT2D eigenvalue weighted by Crippen LogP contribution is 2.46. The van der Waals surface area contributed by atoms with E-state index in [2.05, 4.69) is 32.9 Å². The number of benzene rings is 2. The fourth-order valence-corrected chi connectivity index (χ4v) is 5.46. The van der Waals surface area contributed by atoms with Crippen molar-refractivity contribution in [1.82, 2.24) is 4.90 Å². The van der Waals surface area contributed by atoms with Crippen molar-refractivity contribution in [3.63, 3.8) is 0 Å². The molecule has 2 aliphatic heterocycles. The van der Waals surface area contributed by atoms with Crippen LogP contribution < -0.4 is 4.74 Å². The number of rotatable bonds is 10. The van der Waals surface area contributed by atoms with Crippen molar-refractivity contribution in [3.05, 3.63) is 75.9 Å². The van der Waals surface area contributed by atoms with Gasteiger partial charge in [0.15, 0.2) is 0 Å². The molecular weight excluding hydrogens is 510 g/mol. The maximum atomic E-state index is 13.4. The molecular formula is C32H39NO7. The van der Waals surface area contributed by atoms with Gasteiger partial charge in [-0.2, -0.15) is 0 Å². The van der Waals surface area contributed by atoms with Crippen LogP contribution in [0.15, 0.2) is 53.6 Å². The van der Waals surface area contributed by atoms with Crippen LogP contribution in [0.3, 0.4) is 0 Å². The van der Waals surface area contributed by atoms with Gasteiger partial charge in [-0.3, -0.25) is 4.79 Å². The summed E-state index contributed by atoms with van der Waals surface area (Å²) in [7, 11) is 0. The summed E-state index contributed by atoms with van der Waals surface area (Å²) in [6.07, 6.45) is 6.90. The van der Waals surface area contributed by atoms with Crippen LogP contribution in [-0.2, 0) is 24.2 Å². The number of amides is 1. The van der Waals surface area contributed by atoms with Gasteiger partial charge in [0.25, 0.3) is 5.91 Å². The second kappa shape index (κ2) is 11.8. The number of carbonyl (C=O) groups is 2. The van der Waals surface area contributed by atoms with Crippen LogP contribution in [0.25, 0.3) is 0 Å². The summed E-state index contributed by atoms with van der Waals surface area (Å²) in [4.78, 5) is 27.0. The monoisotopic (exact) mass is 549 g/mol. The molecule has 0 radical (unpaired) electrons. The summed E-state index contributed by atoms with van der Waals surface area (Å²) in [5.74, 6) is -1.37. The zero-order chi connectivity index (χ0) is 29.2. The Kier molecular flexibility index (Phi) is 8.59. The Bertz CT molecular complexity index is 1340. The van der Waals surface area contributed by atoms with E-state index in [4.69, 9.17) is 4.74 Å². The molecule has 2 aromatic rings. The molecule has 214 valence electrons. The molecule has 0 saturated heterocycles. The molecule has 2 unspecified atom stereocenters. The van der Waals surface area contributed by atoms with Gasteiger partial charge in [-0.1, -0.05) is 35.4 Å². The number of aliphatic hydroxyl groups is 1. The molecule has 0 fully saturated rings. The molecule has 8 heteroatoms. The maximum Gasteiger partial charge on any atom is 0.326 e. The van der Waals surface area contributed by atoms with E-state index < -0.39 is 29.6 Å². The number of fused-ring (bicyclic) bond motifs is 3. The van der Waals surface area contributed by atoms with Crippen molar-refractivity contribution in [1.29, 1.82) is 0 Å². The van der Waals surface area contributed by atoms with E-state index in [1.165, 1.54) is 34.2 Å². The molecule has 2 aromatic carbocycles. The average Bonchev–Trinajstić information content (AvgIpc) is 3.20. The van der Waals surface area contributed by atoms with Gasteiger partial charge in [-0.15, -0.1) is 0 Å². The molecule has 3 atom stereocenters. The van der Waals surface area contributed by atoms with Crippen molar-refractivity contribution >= 4 is 11.9 Å². The smallest absolute Gasteiger partial charge is 0.326 e. The predicted molar refractivity (Wildman–Crippen MR) is 152 cm³/mol. The van der Waals surface area contributed by atoms with Crippen molar-refractivity contribution < 1.29 is 34.8 Å². The van der Waals surface area contributed by atoms with Crippen molar-refractivity contribution in [2.45, 2.75) is 90.5 Å². The first-order valence-electron chi connectivity index (χ1n) is 13.7. The second-order valence-electron chi connectivity index (χ2n) is 11.4. The number of carbonyl (C=O) groups excluding carboxylic acids is 1. The molecule has 0 bridgehead atoms. The third-order valence-electron chi connectivity index (χ3n) is 7.97. The number of hydrogen-bond donors (Lipinski definition) is 4. The first-order valence-corrected chi connectivity index (χ1v) is 13.7. The molecule has 40 heavy (non-hydrogen) atoms. The van der Waals surface area contributed by atoms with E-state index in [0.717, 1.165) is 12.8 Å². The summed E-state index contributed by atoms with van der Waals surface area (Å²) in [6, 6.07) is 6.40. The third kappa shape index (κ3) is 6.17. The molecule has 0 saturated carbocycles. The summed E-state index contributed by atoms with van der Waals surface area (Å²) in [6.45, 7) is 8.11. The number of aliphatic carboxylic acids is 1. The minimum atomic E-state index is -1.15. The van der Waals surface area contributed by atoms with Gasteiger partial charge in [0.2, 0.25) is 0 Å². The number of hydrogen-bond acceptors (Lipinski definition) is 6. The minimum absolute atomic E-state index is 0.0153. The van der Waals surface area contributed by atoms with Gasteiger partial charge < -0.3 is 30.1 Å². The van der Waals surface area contributed by atoms with E-state index in [1.807, 2.05) is 6.92 Å². The van der Waals surface area contributed by atoms with Crippen molar-refractivity contribution in [3.8, 4) is 17.2 Å². The molecule has 0 aliphatic carbocycles. The Morgan fingerprint density at radius 3 is 2.48 bits per heavy atom. The lowest BCUT2D eigenvalue weighted by Crippen LogP contribution is -2.49. The van der Waals surface area contributed by atoms with E-state index in [9.17, 15) is 30.0 Å². The molecule has 2 heterocycles. The highest BCUT2D eigenvalue weighted by molar-refractivity contribution is 6.02. The van der Waals surface area contributed by atoms with E-state index >= 15 is 0 Å². The molecule has 8 nitrogen and oxygen atoms in total. The number of carboxylic acids is 1. The molecule has 1 amide bonds. The number of phenolic OH excluding ortho intramolecular Hbond substituents is 2. The molecule has 4 N–H and O–H groups in total. The zero-order valence-corrected chi connectivity index (χ0v) is 23.6. The Balaban J connectivity index is 1.56. The van der Waals surface area contributed by atoms with Crippen LogP contribution in [0.2, 0.25) is 0 Å². The first-order chi connectivity index (χ1) is 18.9. The Hall–Kier alpha value is -3.78. The normalized spacial score (nSPS) is 20.9. The molecule has 4 rings (SSSR count). The number of aromatic hydroxyl groups is 2. The van der Waals surface area contributed by atoms with Gasteiger partial charge in [0, 0.05) is 24.0 Å². The lowest BCUT2D eigenvalue weighted by Gasteiger charge is -2.41. The highest BCUT2D eigenvalue weighted by atomic mass is 16.5. The molecule has 2 aliphatic rings.